The number of hydrogen-bond acceptors (Lipinski definition) is 5. The molecule has 0 aromatic heterocycles. The van der Waals surface area contributed by atoms with Gasteiger partial charge in [0.15, 0.2) is 11.6 Å². The van der Waals surface area contributed by atoms with E-state index in [0.29, 0.717) is 17.3 Å². The number of carbonyl (C=O) groups excluding carboxylic acids is 2. The van der Waals surface area contributed by atoms with Crippen LogP contribution in [0.3, 0.4) is 0 Å². The van der Waals surface area contributed by atoms with Crippen molar-refractivity contribution in [2.45, 2.75) is 97.9 Å². The van der Waals surface area contributed by atoms with Gasteiger partial charge < -0.3 is 4.90 Å². The van der Waals surface area contributed by atoms with Crippen LogP contribution in [-0.2, 0) is 9.59 Å². The predicted octanol–water partition coefficient (Wildman–Crippen LogP) is 5.96. The molecule has 0 aromatic rings. The summed E-state index contributed by atoms with van der Waals surface area (Å²) in [7, 11) is 2.24. The van der Waals surface area contributed by atoms with Crippen molar-refractivity contribution in [2.75, 3.05) is 33.2 Å². The van der Waals surface area contributed by atoms with Crippen molar-refractivity contribution in [1.29, 1.82) is 5.26 Å². The highest BCUT2D eigenvalue weighted by Crippen LogP contribution is 2.76. The highest BCUT2D eigenvalue weighted by atomic mass is 16.1. The van der Waals surface area contributed by atoms with E-state index in [2.05, 4.69) is 63.6 Å². The van der Waals surface area contributed by atoms with Gasteiger partial charge in [-0.2, -0.15) is 5.26 Å². The molecule has 1 saturated heterocycles. The van der Waals surface area contributed by atoms with Crippen LogP contribution in [0.15, 0.2) is 23.3 Å². The number of piperazine rings is 1. The Kier molecular flexibility index (Phi) is 5.55. The molecule has 0 N–H and O–H groups in total. The summed E-state index contributed by atoms with van der Waals surface area (Å²) < 4.78 is 0. The summed E-state index contributed by atoms with van der Waals surface area (Å²) in [6.07, 6.45) is 13.8. The van der Waals surface area contributed by atoms with Crippen LogP contribution in [0.4, 0.5) is 0 Å². The van der Waals surface area contributed by atoms with E-state index in [1.807, 2.05) is 6.08 Å². The first-order valence-electron chi connectivity index (χ1n) is 16.1. The molecule has 0 bridgehead atoms. The predicted molar refractivity (Wildman–Crippen MR) is 156 cm³/mol. The molecule has 5 heteroatoms. The van der Waals surface area contributed by atoms with Crippen molar-refractivity contribution >= 4 is 11.6 Å². The molecule has 5 fully saturated rings. The van der Waals surface area contributed by atoms with Crippen molar-refractivity contribution in [3.63, 3.8) is 0 Å². The standard InChI is InChI=1S/C35H49N3O2/c1-30(2)9-13-35(38-17-15-37(6)16-18-38)14-10-33(5)28(24(35)21-30)25(39)19-27-31(3)20-23(22-36)29(40)34(11-12-34)26(31)7-8-32(27,33)4/h19-20,24,26,28H,7-18,21H2,1-6H3/t24-,26+,28-,31-,32+,33+,35-/m0/s1. The molecule has 0 unspecified atom stereocenters. The van der Waals surface area contributed by atoms with E-state index in [-0.39, 0.29) is 44.8 Å². The molecular weight excluding hydrogens is 494 g/mol. The van der Waals surface area contributed by atoms with Gasteiger partial charge >= 0.3 is 0 Å². The average Bonchev–Trinajstić information content (AvgIpc) is 3.69. The van der Waals surface area contributed by atoms with Crippen LogP contribution < -0.4 is 0 Å². The molecule has 7 atom stereocenters. The molecule has 1 heterocycles. The van der Waals surface area contributed by atoms with Crippen LogP contribution in [0.2, 0.25) is 0 Å². The molecule has 6 aliphatic carbocycles. The lowest BCUT2D eigenvalue weighted by Crippen LogP contribution is -2.71. The summed E-state index contributed by atoms with van der Waals surface area (Å²) in [6, 6.07) is 2.27. The zero-order chi connectivity index (χ0) is 28.5. The maximum atomic E-state index is 14.7. The van der Waals surface area contributed by atoms with Gasteiger partial charge in [-0.05, 0) is 99.0 Å². The van der Waals surface area contributed by atoms with E-state index in [1.54, 1.807) is 0 Å². The Hall–Kier alpha value is -1.77. The number of nitriles is 1. The van der Waals surface area contributed by atoms with E-state index in [4.69, 9.17) is 0 Å². The fraction of sp³-hybridized carbons (Fsp3) is 0.800. The van der Waals surface area contributed by atoms with E-state index in [9.17, 15) is 14.9 Å². The number of carbonyl (C=O) groups is 2. The van der Waals surface area contributed by atoms with E-state index >= 15 is 0 Å². The molecule has 1 spiro atoms. The van der Waals surface area contributed by atoms with Crippen LogP contribution >= 0.6 is 0 Å². The Labute approximate surface area is 241 Å². The zero-order valence-corrected chi connectivity index (χ0v) is 25.7. The quantitative estimate of drug-likeness (QED) is 0.408. The summed E-state index contributed by atoms with van der Waals surface area (Å²) in [5, 5.41) is 9.99. The third-order valence-corrected chi connectivity index (χ3v) is 14.4. The summed E-state index contributed by atoms with van der Waals surface area (Å²) in [5.74, 6) is 1.03. The SMILES string of the molecule is CN1CCN([C@]23CCC(C)(C)C[C@H]2[C@H]2C(=O)C=C4[C@@]5(C)C=C(C#N)C(=O)C6(CC6)[C@@H]5CC[C@@]4(C)[C@]2(C)CC3)CC1. The molecule has 5 nitrogen and oxygen atoms in total. The molecule has 0 radical (unpaired) electrons. The van der Waals surface area contributed by atoms with Gasteiger partial charge in [0.2, 0.25) is 0 Å². The summed E-state index contributed by atoms with van der Waals surface area (Å²) in [4.78, 5) is 33.4. The first-order valence-corrected chi connectivity index (χ1v) is 16.1. The maximum absolute atomic E-state index is 14.7. The molecule has 7 aliphatic rings. The number of likely N-dealkylation sites (N-methyl/N-ethyl adjacent to an activating group) is 1. The van der Waals surface area contributed by atoms with Crippen molar-refractivity contribution in [3.8, 4) is 6.07 Å². The van der Waals surface area contributed by atoms with Gasteiger partial charge in [0.05, 0.1) is 5.57 Å². The monoisotopic (exact) mass is 543 g/mol. The molecule has 40 heavy (non-hydrogen) atoms. The van der Waals surface area contributed by atoms with Crippen molar-refractivity contribution in [3.05, 3.63) is 23.3 Å². The number of ketones is 2. The Morgan fingerprint density at radius 1 is 0.900 bits per heavy atom. The van der Waals surface area contributed by atoms with Crippen LogP contribution in [0, 0.1) is 56.2 Å². The second kappa shape index (κ2) is 8.19. The molecular formula is C35H49N3O2. The number of hydrogen-bond donors (Lipinski definition) is 0. The third-order valence-electron chi connectivity index (χ3n) is 14.4. The summed E-state index contributed by atoms with van der Waals surface area (Å²) >= 11 is 0. The number of rotatable bonds is 1. The Bertz CT molecular complexity index is 1280. The number of nitrogens with zero attached hydrogens (tertiary/aromatic N) is 3. The van der Waals surface area contributed by atoms with Gasteiger partial charge in [0, 0.05) is 48.5 Å². The Balaban J connectivity index is 1.36. The minimum atomic E-state index is -0.399. The van der Waals surface area contributed by atoms with Crippen LogP contribution in [0.1, 0.15) is 92.4 Å². The molecule has 216 valence electrons. The van der Waals surface area contributed by atoms with Gasteiger partial charge in [-0.3, -0.25) is 14.5 Å². The van der Waals surface area contributed by atoms with Crippen molar-refractivity contribution in [1.82, 2.24) is 9.80 Å². The Morgan fingerprint density at radius 2 is 1.57 bits per heavy atom. The zero-order valence-electron chi connectivity index (χ0n) is 25.7. The van der Waals surface area contributed by atoms with Gasteiger partial charge in [0.25, 0.3) is 0 Å². The van der Waals surface area contributed by atoms with E-state index < -0.39 is 5.41 Å². The third kappa shape index (κ3) is 3.22. The van der Waals surface area contributed by atoms with Gasteiger partial charge in [-0.25, -0.2) is 0 Å². The second-order valence-electron chi connectivity index (χ2n) is 16.6. The summed E-state index contributed by atoms with van der Waals surface area (Å²) in [5.41, 5.74) is 0.970. The normalized spacial score (nSPS) is 47.7. The van der Waals surface area contributed by atoms with Gasteiger partial charge in [-0.1, -0.05) is 46.3 Å². The summed E-state index contributed by atoms with van der Waals surface area (Å²) in [6.45, 7) is 16.5. The molecule has 0 aromatic carbocycles. The number of allylic oxidation sites excluding steroid dienone is 4. The first-order chi connectivity index (χ1) is 18.8. The highest BCUT2D eigenvalue weighted by molar-refractivity contribution is 6.06. The molecule has 4 saturated carbocycles. The van der Waals surface area contributed by atoms with Crippen molar-refractivity contribution < 1.29 is 9.59 Å². The van der Waals surface area contributed by atoms with Crippen LogP contribution in [0.5, 0.6) is 0 Å². The Morgan fingerprint density at radius 3 is 2.23 bits per heavy atom. The molecule has 0 amide bonds. The first kappa shape index (κ1) is 27.1. The van der Waals surface area contributed by atoms with Crippen molar-refractivity contribution in [2.24, 2.45) is 44.8 Å². The fourth-order valence-electron chi connectivity index (χ4n) is 11.8. The highest BCUT2D eigenvalue weighted by Gasteiger charge is 2.72. The van der Waals surface area contributed by atoms with Crippen LogP contribution in [0.25, 0.3) is 0 Å². The minimum absolute atomic E-state index is 0.0360. The van der Waals surface area contributed by atoms with E-state index in [0.717, 1.165) is 64.7 Å². The van der Waals surface area contributed by atoms with E-state index in [1.165, 1.54) is 24.8 Å². The largest absolute Gasteiger partial charge is 0.304 e. The average molecular weight is 544 g/mol. The lowest BCUT2D eigenvalue weighted by molar-refractivity contribution is -0.180. The van der Waals surface area contributed by atoms with Gasteiger partial charge in [-0.15, -0.1) is 0 Å². The topological polar surface area (TPSA) is 64.4 Å². The second-order valence-corrected chi connectivity index (χ2v) is 16.6. The van der Waals surface area contributed by atoms with Gasteiger partial charge in [0.1, 0.15) is 6.07 Å². The minimum Gasteiger partial charge on any atom is -0.304 e. The number of Topliss-reactive ketones (excluding diaryl/α,β-unsaturated/α-hetero) is 1. The molecule has 1 aliphatic heterocycles. The maximum Gasteiger partial charge on any atom is 0.179 e. The fourth-order valence-corrected chi connectivity index (χ4v) is 11.8. The lowest BCUT2D eigenvalue weighted by Gasteiger charge is -2.70. The number of fused-ring (bicyclic) bond motifs is 8. The van der Waals surface area contributed by atoms with Crippen LogP contribution in [-0.4, -0.2) is 60.1 Å². The lowest BCUT2D eigenvalue weighted by atomic mass is 9.35. The smallest absolute Gasteiger partial charge is 0.179 e. The molecule has 7 rings (SSSR count).